The Balaban J connectivity index is 1.65. The minimum atomic E-state index is -0.879. The molecule has 2 N–H and O–H groups in total. The van der Waals surface area contributed by atoms with Gasteiger partial charge in [0.25, 0.3) is 0 Å². The zero-order chi connectivity index (χ0) is 19.6. The standard InChI is InChI=1S/C20H26N4O3/c1-14(2)16-6-4-15(5-7-16)12-24-17(8-10-21-24)22-19(27)23-11-9-20(3,13-23)18(25)26/h4-8,10,14H,9,11-13H2,1-3H3,(H,22,27)(H,25,26). The number of urea groups is 1. The largest absolute Gasteiger partial charge is 0.481 e. The van der Waals surface area contributed by atoms with Gasteiger partial charge in [0.2, 0.25) is 0 Å². The Bertz CT molecular complexity index is 828. The molecule has 144 valence electrons. The van der Waals surface area contributed by atoms with Crippen LogP contribution in [0.25, 0.3) is 0 Å². The summed E-state index contributed by atoms with van der Waals surface area (Å²) >= 11 is 0. The minimum absolute atomic E-state index is 0.207. The van der Waals surface area contributed by atoms with Crippen LogP contribution in [0, 0.1) is 5.41 Å². The van der Waals surface area contributed by atoms with Crippen LogP contribution in [0.3, 0.4) is 0 Å². The van der Waals surface area contributed by atoms with E-state index in [-0.39, 0.29) is 12.6 Å². The molecule has 0 saturated carbocycles. The van der Waals surface area contributed by atoms with Crippen molar-refractivity contribution in [2.75, 3.05) is 18.4 Å². The van der Waals surface area contributed by atoms with E-state index < -0.39 is 11.4 Å². The topological polar surface area (TPSA) is 87.5 Å². The van der Waals surface area contributed by atoms with Crippen molar-refractivity contribution in [1.29, 1.82) is 0 Å². The fraction of sp³-hybridized carbons (Fsp3) is 0.450. The fourth-order valence-electron chi connectivity index (χ4n) is 3.24. The number of likely N-dealkylation sites (tertiary alicyclic amines) is 1. The van der Waals surface area contributed by atoms with Crippen molar-refractivity contribution in [3.8, 4) is 0 Å². The second-order valence-corrected chi connectivity index (χ2v) is 7.74. The van der Waals surface area contributed by atoms with Crippen LogP contribution >= 0.6 is 0 Å². The van der Waals surface area contributed by atoms with Gasteiger partial charge >= 0.3 is 12.0 Å². The highest BCUT2D eigenvalue weighted by molar-refractivity contribution is 5.89. The van der Waals surface area contributed by atoms with Gasteiger partial charge in [-0.25, -0.2) is 9.48 Å². The van der Waals surface area contributed by atoms with Crippen molar-refractivity contribution < 1.29 is 14.7 Å². The lowest BCUT2D eigenvalue weighted by Gasteiger charge is -2.20. The second-order valence-electron chi connectivity index (χ2n) is 7.74. The Kier molecular flexibility index (Phi) is 5.21. The molecule has 2 amide bonds. The van der Waals surface area contributed by atoms with Gasteiger partial charge < -0.3 is 10.0 Å². The maximum atomic E-state index is 12.5. The summed E-state index contributed by atoms with van der Waals surface area (Å²) in [5, 5.41) is 16.5. The number of carbonyl (C=O) groups excluding carboxylic acids is 1. The highest BCUT2D eigenvalue weighted by atomic mass is 16.4. The number of hydrogen-bond acceptors (Lipinski definition) is 3. The maximum absolute atomic E-state index is 12.5. The number of anilines is 1. The van der Waals surface area contributed by atoms with Crippen molar-refractivity contribution in [2.45, 2.75) is 39.7 Å². The fourth-order valence-corrected chi connectivity index (χ4v) is 3.24. The van der Waals surface area contributed by atoms with Crippen LogP contribution in [0.2, 0.25) is 0 Å². The molecule has 2 aromatic rings. The normalized spacial score (nSPS) is 19.5. The Morgan fingerprint density at radius 3 is 2.56 bits per heavy atom. The first-order valence-corrected chi connectivity index (χ1v) is 9.18. The van der Waals surface area contributed by atoms with Crippen molar-refractivity contribution >= 4 is 17.8 Å². The second kappa shape index (κ2) is 7.42. The third kappa shape index (κ3) is 4.13. The average Bonchev–Trinajstić information content (AvgIpc) is 3.23. The highest BCUT2D eigenvalue weighted by Gasteiger charge is 2.42. The molecule has 27 heavy (non-hydrogen) atoms. The smallest absolute Gasteiger partial charge is 0.323 e. The zero-order valence-corrected chi connectivity index (χ0v) is 16.0. The third-order valence-corrected chi connectivity index (χ3v) is 5.21. The number of rotatable bonds is 5. The lowest BCUT2D eigenvalue weighted by atomic mass is 9.90. The molecule has 1 aromatic carbocycles. The molecular formula is C20H26N4O3. The first-order chi connectivity index (χ1) is 12.8. The SMILES string of the molecule is CC(C)c1ccc(Cn2nccc2NC(=O)N2CCC(C)(C(=O)O)C2)cc1. The lowest BCUT2D eigenvalue weighted by Crippen LogP contribution is -2.37. The van der Waals surface area contributed by atoms with E-state index >= 15 is 0 Å². The Morgan fingerprint density at radius 1 is 1.26 bits per heavy atom. The number of aliphatic carboxylic acids is 1. The van der Waals surface area contributed by atoms with Crippen molar-refractivity contribution in [3.63, 3.8) is 0 Å². The van der Waals surface area contributed by atoms with Crippen LogP contribution in [0.5, 0.6) is 0 Å². The minimum Gasteiger partial charge on any atom is -0.481 e. The van der Waals surface area contributed by atoms with Gasteiger partial charge in [-0.2, -0.15) is 5.10 Å². The van der Waals surface area contributed by atoms with Crippen molar-refractivity contribution in [1.82, 2.24) is 14.7 Å². The van der Waals surface area contributed by atoms with E-state index in [0.29, 0.717) is 31.2 Å². The van der Waals surface area contributed by atoms with Gasteiger partial charge in [0.1, 0.15) is 5.82 Å². The molecule has 0 aliphatic carbocycles. The summed E-state index contributed by atoms with van der Waals surface area (Å²) < 4.78 is 1.73. The van der Waals surface area contributed by atoms with Crippen molar-refractivity contribution in [3.05, 3.63) is 47.7 Å². The zero-order valence-electron chi connectivity index (χ0n) is 16.0. The van der Waals surface area contributed by atoms with Crippen LogP contribution in [0.1, 0.15) is 44.2 Å². The molecule has 1 aromatic heterocycles. The number of benzene rings is 1. The number of carbonyl (C=O) groups is 2. The van der Waals surface area contributed by atoms with Gasteiger partial charge in [0.15, 0.2) is 0 Å². The molecule has 0 bridgehead atoms. The van der Waals surface area contributed by atoms with Crippen LogP contribution < -0.4 is 5.32 Å². The summed E-state index contributed by atoms with van der Waals surface area (Å²) in [5.74, 6) is 0.208. The summed E-state index contributed by atoms with van der Waals surface area (Å²) in [4.78, 5) is 25.4. The predicted molar refractivity (Wildman–Crippen MR) is 103 cm³/mol. The van der Waals surface area contributed by atoms with Gasteiger partial charge in [-0.15, -0.1) is 0 Å². The van der Waals surface area contributed by atoms with Crippen LogP contribution in [-0.4, -0.2) is 44.9 Å². The molecular weight excluding hydrogens is 344 g/mol. The maximum Gasteiger partial charge on any atom is 0.323 e. The van der Waals surface area contributed by atoms with Gasteiger partial charge in [-0.05, 0) is 30.4 Å². The van der Waals surface area contributed by atoms with Crippen molar-refractivity contribution in [2.24, 2.45) is 5.41 Å². The molecule has 1 aliphatic heterocycles. The number of nitrogens with one attached hydrogen (secondary N) is 1. The molecule has 2 heterocycles. The number of carboxylic acid groups (broad SMARTS) is 1. The first kappa shape index (κ1) is 18.9. The van der Waals surface area contributed by atoms with E-state index in [1.807, 2.05) is 0 Å². The summed E-state index contributed by atoms with van der Waals surface area (Å²) in [5.41, 5.74) is 1.50. The Labute approximate surface area is 159 Å². The van der Waals surface area contributed by atoms with E-state index in [4.69, 9.17) is 0 Å². The van der Waals surface area contributed by atoms with Gasteiger partial charge in [-0.3, -0.25) is 10.1 Å². The van der Waals surface area contributed by atoms with Crippen LogP contribution in [0.15, 0.2) is 36.5 Å². The average molecular weight is 370 g/mol. The molecule has 7 heteroatoms. The lowest BCUT2D eigenvalue weighted by molar-refractivity contribution is -0.146. The molecule has 0 radical (unpaired) electrons. The van der Waals surface area contributed by atoms with E-state index in [1.165, 1.54) is 5.56 Å². The summed E-state index contributed by atoms with van der Waals surface area (Å²) in [6.45, 7) is 7.17. The predicted octanol–water partition coefficient (Wildman–Crippen LogP) is 3.38. The van der Waals surface area contributed by atoms with E-state index in [2.05, 4.69) is 48.5 Å². The molecule has 1 saturated heterocycles. The Morgan fingerprint density at radius 2 is 1.96 bits per heavy atom. The monoisotopic (exact) mass is 370 g/mol. The molecule has 0 spiro atoms. The molecule has 3 rings (SSSR count). The highest BCUT2D eigenvalue weighted by Crippen LogP contribution is 2.30. The molecule has 7 nitrogen and oxygen atoms in total. The summed E-state index contributed by atoms with van der Waals surface area (Å²) in [6, 6.07) is 9.81. The van der Waals surface area contributed by atoms with E-state index in [1.54, 1.807) is 28.8 Å². The number of carboxylic acids is 1. The first-order valence-electron chi connectivity index (χ1n) is 9.18. The van der Waals surface area contributed by atoms with E-state index in [0.717, 1.165) is 5.56 Å². The van der Waals surface area contributed by atoms with Crippen LogP contribution in [0.4, 0.5) is 10.6 Å². The number of amides is 2. The molecule has 1 atom stereocenters. The van der Waals surface area contributed by atoms with Crippen LogP contribution in [-0.2, 0) is 11.3 Å². The number of aromatic nitrogens is 2. The number of nitrogens with zero attached hydrogens (tertiary/aromatic N) is 3. The Hall–Kier alpha value is -2.83. The summed E-state index contributed by atoms with van der Waals surface area (Å²) in [6.07, 6.45) is 2.10. The van der Waals surface area contributed by atoms with Gasteiger partial charge in [0.05, 0.1) is 18.2 Å². The molecule has 1 fully saturated rings. The van der Waals surface area contributed by atoms with E-state index in [9.17, 15) is 14.7 Å². The molecule has 1 aliphatic rings. The van der Waals surface area contributed by atoms with Gasteiger partial charge in [-0.1, -0.05) is 38.1 Å². The quantitative estimate of drug-likeness (QED) is 0.845. The summed E-state index contributed by atoms with van der Waals surface area (Å²) in [7, 11) is 0. The van der Waals surface area contributed by atoms with Gasteiger partial charge in [0, 0.05) is 19.2 Å². The number of hydrogen-bond donors (Lipinski definition) is 2. The third-order valence-electron chi connectivity index (χ3n) is 5.21. The molecule has 1 unspecified atom stereocenters.